The van der Waals surface area contributed by atoms with Gasteiger partial charge in [-0.1, -0.05) is 29.8 Å². The first-order chi connectivity index (χ1) is 10.5. The Morgan fingerprint density at radius 3 is 2.68 bits per heavy atom. The molecule has 1 heterocycles. The Morgan fingerprint density at radius 2 is 2.00 bits per heavy atom. The molecule has 0 atom stereocenters. The smallest absolute Gasteiger partial charge is 0.215 e. The van der Waals surface area contributed by atoms with Gasteiger partial charge in [0.15, 0.2) is 0 Å². The predicted molar refractivity (Wildman–Crippen MR) is 86.0 cm³/mol. The Bertz CT molecular complexity index is 731. The largest absolute Gasteiger partial charge is 0.333 e. The molecule has 0 bridgehead atoms. The molecule has 0 radical (unpaired) electrons. The Labute approximate surface area is 131 Å². The molecule has 1 aliphatic carbocycles. The summed E-state index contributed by atoms with van der Waals surface area (Å²) in [6, 6.07) is 7.57. The standard InChI is InChI=1S/C16H21N3O2S/c1-13-2-4-14(5-3-13)12-22(20,21)18-9-11-19-10-8-17-16(19)15-6-7-15/h2-5,8,10,15,18H,6-7,9,11-12H2,1H3. The van der Waals surface area contributed by atoms with Gasteiger partial charge in [-0.15, -0.1) is 0 Å². The van der Waals surface area contributed by atoms with E-state index in [0.717, 1.165) is 17.0 Å². The second-order valence-electron chi connectivity index (χ2n) is 5.89. The number of benzene rings is 1. The Balaban J connectivity index is 1.53. The molecule has 2 aromatic rings. The summed E-state index contributed by atoms with van der Waals surface area (Å²) in [6.07, 6.45) is 6.09. The molecule has 118 valence electrons. The van der Waals surface area contributed by atoms with Gasteiger partial charge < -0.3 is 4.57 Å². The van der Waals surface area contributed by atoms with Crippen LogP contribution in [0.2, 0.25) is 0 Å². The molecular formula is C16H21N3O2S. The van der Waals surface area contributed by atoms with E-state index in [1.54, 1.807) is 6.20 Å². The molecule has 22 heavy (non-hydrogen) atoms. The minimum Gasteiger partial charge on any atom is -0.333 e. The fourth-order valence-electron chi connectivity index (χ4n) is 2.49. The number of nitrogens with zero attached hydrogens (tertiary/aromatic N) is 2. The SMILES string of the molecule is Cc1ccc(CS(=O)(=O)NCCn2ccnc2C2CC2)cc1. The Morgan fingerprint density at radius 1 is 1.27 bits per heavy atom. The second-order valence-corrected chi connectivity index (χ2v) is 7.70. The first-order valence-electron chi connectivity index (χ1n) is 7.57. The third-order valence-corrected chi connectivity index (χ3v) is 5.20. The van der Waals surface area contributed by atoms with Crippen LogP contribution in [0.25, 0.3) is 0 Å². The van der Waals surface area contributed by atoms with Gasteiger partial charge in [-0.25, -0.2) is 18.1 Å². The molecule has 1 aliphatic rings. The zero-order chi connectivity index (χ0) is 15.6. The van der Waals surface area contributed by atoms with Crippen LogP contribution in [-0.4, -0.2) is 24.5 Å². The van der Waals surface area contributed by atoms with Crippen LogP contribution in [0, 0.1) is 6.92 Å². The number of hydrogen-bond donors (Lipinski definition) is 1. The van der Waals surface area contributed by atoms with Gasteiger partial charge in [0.05, 0.1) is 5.75 Å². The molecule has 1 aromatic heterocycles. The molecule has 0 unspecified atom stereocenters. The van der Waals surface area contributed by atoms with Crippen LogP contribution in [0.5, 0.6) is 0 Å². The van der Waals surface area contributed by atoms with Gasteiger partial charge in [0.2, 0.25) is 10.0 Å². The van der Waals surface area contributed by atoms with Crippen LogP contribution >= 0.6 is 0 Å². The summed E-state index contributed by atoms with van der Waals surface area (Å²) < 4.78 is 28.9. The van der Waals surface area contributed by atoms with E-state index in [1.165, 1.54) is 12.8 Å². The minimum atomic E-state index is -3.30. The van der Waals surface area contributed by atoms with Crippen LogP contribution < -0.4 is 4.72 Å². The lowest BCUT2D eigenvalue weighted by atomic mass is 10.2. The van der Waals surface area contributed by atoms with Gasteiger partial charge in [-0.3, -0.25) is 0 Å². The zero-order valence-electron chi connectivity index (χ0n) is 12.7. The Hall–Kier alpha value is -1.66. The van der Waals surface area contributed by atoms with Crippen molar-refractivity contribution in [1.82, 2.24) is 14.3 Å². The molecular weight excluding hydrogens is 298 g/mol. The third kappa shape index (κ3) is 3.96. The monoisotopic (exact) mass is 319 g/mol. The van der Waals surface area contributed by atoms with Gasteiger partial charge in [-0.2, -0.15) is 0 Å². The van der Waals surface area contributed by atoms with Gasteiger partial charge >= 0.3 is 0 Å². The van der Waals surface area contributed by atoms with Crippen LogP contribution in [0.3, 0.4) is 0 Å². The Kier molecular flexibility index (Phi) is 4.31. The lowest BCUT2D eigenvalue weighted by Crippen LogP contribution is -2.28. The highest BCUT2D eigenvalue weighted by Gasteiger charge is 2.27. The van der Waals surface area contributed by atoms with E-state index in [0.29, 0.717) is 19.0 Å². The molecule has 1 saturated carbocycles. The normalized spacial score (nSPS) is 15.1. The van der Waals surface area contributed by atoms with Crippen LogP contribution in [0.4, 0.5) is 0 Å². The highest BCUT2D eigenvalue weighted by atomic mass is 32.2. The number of nitrogens with one attached hydrogen (secondary N) is 1. The zero-order valence-corrected chi connectivity index (χ0v) is 13.5. The van der Waals surface area contributed by atoms with Gasteiger partial charge in [-0.05, 0) is 25.3 Å². The maximum atomic E-state index is 12.1. The molecule has 5 nitrogen and oxygen atoms in total. The molecule has 0 aliphatic heterocycles. The number of aromatic nitrogens is 2. The van der Waals surface area contributed by atoms with Crippen molar-refractivity contribution in [2.24, 2.45) is 0 Å². The van der Waals surface area contributed by atoms with E-state index in [2.05, 4.69) is 9.71 Å². The van der Waals surface area contributed by atoms with Gasteiger partial charge in [0.25, 0.3) is 0 Å². The second kappa shape index (κ2) is 6.22. The van der Waals surface area contributed by atoms with Gasteiger partial charge in [0.1, 0.15) is 5.82 Å². The first-order valence-corrected chi connectivity index (χ1v) is 9.23. The lowest BCUT2D eigenvalue weighted by Gasteiger charge is -2.09. The van der Waals surface area contributed by atoms with Crippen molar-refractivity contribution in [3.63, 3.8) is 0 Å². The summed E-state index contributed by atoms with van der Waals surface area (Å²) in [5, 5.41) is 0. The molecule has 0 amide bonds. The van der Waals surface area contributed by atoms with E-state index in [-0.39, 0.29) is 5.75 Å². The molecule has 3 rings (SSSR count). The number of rotatable bonds is 7. The van der Waals surface area contributed by atoms with Gasteiger partial charge in [0, 0.05) is 31.4 Å². The maximum absolute atomic E-state index is 12.1. The molecule has 0 saturated heterocycles. The van der Waals surface area contributed by atoms with Crippen LogP contribution in [-0.2, 0) is 22.3 Å². The number of sulfonamides is 1. The number of aryl methyl sites for hydroxylation is 1. The summed E-state index contributed by atoms with van der Waals surface area (Å²) in [4.78, 5) is 4.36. The van der Waals surface area contributed by atoms with E-state index < -0.39 is 10.0 Å². The number of imidazole rings is 1. The maximum Gasteiger partial charge on any atom is 0.215 e. The quantitative estimate of drug-likeness (QED) is 0.851. The lowest BCUT2D eigenvalue weighted by molar-refractivity contribution is 0.568. The average Bonchev–Trinajstić information content (AvgIpc) is 3.21. The molecule has 1 N–H and O–H groups in total. The predicted octanol–water partition coefficient (Wildman–Crippen LogP) is 2.19. The van der Waals surface area contributed by atoms with Crippen molar-refractivity contribution in [2.75, 3.05) is 6.54 Å². The highest BCUT2D eigenvalue weighted by Crippen LogP contribution is 2.38. The average molecular weight is 319 g/mol. The molecule has 0 spiro atoms. The van der Waals surface area contributed by atoms with E-state index in [1.807, 2.05) is 42.0 Å². The summed E-state index contributed by atoms with van der Waals surface area (Å²) in [7, 11) is -3.30. The van der Waals surface area contributed by atoms with Crippen LogP contribution in [0.15, 0.2) is 36.7 Å². The van der Waals surface area contributed by atoms with E-state index in [4.69, 9.17) is 0 Å². The summed E-state index contributed by atoms with van der Waals surface area (Å²) >= 11 is 0. The van der Waals surface area contributed by atoms with Crippen molar-refractivity contribution in [3.8, 4) is 0 Å². The third-order valence-electron chi connectivity index (χ3n) is 3.84. The van der Waals surface area contributed by atoms with Crippen molar-refractivity contribution in [3.05, 3.63) is 53.6 Å². The summed E-state index contributed by atoms with van der Waals surface area (Å²) in [5.74, 6) is 1.67. The topological polar surface area (TPSA) is 64.0 Å². The fraction of sp³-hybridized carbons (Fsp3) is 0.438. The summed E-state index contributed by atoms with van der Waals surface area (Å²) in [5.41, 5.74) is 1.93. The molecule has 1 fully saturated rings. The van der Waals surface area contributed by atoms with Crippen molar-refractivity contribution in [2.45, 2.75) is 38.0 Å². The number of hydrogen-bond acceptors (Lipinski definition) is 3. The van der Waals surface area contributed by atoms with E-state index >= 15 is 0 Å². The fourth-order valence-corrected chi connectivity index (χ4v) is 3.62. The van der Waals surface area contributed by atoms with E-state index in [9.17, 15) is 8.42 Å². The van der Waals surface area contributed by atoms with Crippen molar-refractivity contribution in [1.29, 1.82) is 0 Å². The first kappa shape index (κ1) is 15.2. The summed E-state index contributed by atoms with van der Waals surface area (Å²) in [6.45, 7) is 3.00. The van der Waals surface area contributed by atoms with Crippen molar-refractivity contribution < 1.29 is 8.42 Å². The van der Waals surface area contributed by atoms with Crippen LogP contribution in [0.1, 0.15) is 35.7 Å². The minimum absolute atomic E-state index is 0.0205. The van der Waals surface area contributed by atoms with Crippen molar-refractivity contribution >= 4 is 10.0 Å². The molecule has 6 heteroatoms. The highest BCUT2D eigenvalue weighted by molar-refractivity contribution is 7.88. The molecule has 1 aromatic carbocycles.